The summed E-state index contributed by atoms with van der Waals surface area (Å²) in [7, 11) is 0. The fourth-order valence-corrected chi connectivity index (χ4v) is 5.78. The largest absolute Gasteiger partial charge is 0.325 e. The molecule has 2 N–H and O–H groups in total. The molecule has 2 amide bonds. The Morgan fingerprint density at radius 2 is 1.89 bits per heavy atom. The Labute approximate surface area is 217 Å². The second-order valence-electron chi connectivity index (χ2n) is 7.86. The number of fused-ring (bicyclic) bond motifs is 1. The summed E-state index contributed by atoms with van der Waals surface area (Å²) in [4.78, 5) is 29.9. The summed E-state index contributed by atoms with van der Waals surface area (Å²) < 4.78 is 1.75. The zero-order chi connectivity index (χ0) is 24.8. The number of aromatic nitrogens is 1. The molecule has 0 radical (unpaired) electrons. The van der Waals surface area contributed by atoms with E-state index in [1.54, 1.807) is 18.2 Å². The number of thioether (sulfide) groups is 1. The van der Waals surface area contributed by atoms with Gasteiger partial charge in [-0.1, -0.05) is 66.7 Å². The van der Waals surface area contributed by atoms with E-state index in [0.717, 1.165) is 25.7 Å². The summed E-state index contributed by atoms with van der Waals surface area (Å²) in [6, 6.07) is 20.7. The predicted molar refractivity (Wildman–Crippen MR) is 148 cm³/mol. The van der Waals surface area contributed by atoms with Crippen molar-refractivity contribution in [2.75, 3.05) is 10.6 Å². The van der Waals surface area contributed by atoms with Crippen molar-refractivity contribution >= 4 is 74.2 Å². The average molecular weight is 522 g/mol. The molecule has 0 bridgehead atoms. The molecule has 35 heavy (non-hydrogen) atoms. The van der Waals surface area contributed by atoms with Gasteiger partial charge in [-0.25, -0.2) is 4.98 Å². The molecule has 1 atom stereocenters. The van der Waals surface area contributed by atoms with Gasteiger partial charge in [0, 0.05) is 22.5 Å². The molecule has 0 fully saturated rings. The van der Waals surface area contributed by atoms with Crippen molar-refractivity contribution in [1.29, 1.82) is 0 Å². The van der Waals surface area contributed by atoms with E-state index in [2.05, 4.69) is 15.6 Å². The molecule has 1 heterocycles. The number of anilines is 2. The maximum absolute atomic E-state index is 12.9. The minimum atomic E-state index is -0.295. The van der Waals surface area contributed by atoms with E-state index >= 15 is 0 Å². The number of nitrogens with one attached hydrogen (secondary N) is 2. The Morgan fingerprint density at radius 3 is 2.66 bits per heavy atom. The number of thiazole rings is 1. The second-order valence-corrected chi connectivity index (χ2v) is 10.8. The van der Waals surface area contributed by atoms with Crippen LogP contribution in [0.2, 0.25) is 5.02 Å². The summed E-state index contributed by atoms with van der Waals surface area (Å²) in [5.41, 5.74) is 4.16. The van der Waals surface area contributed by atoms with Crippen LogP contribution in [0.5, 0.6) is 0 Å². The van der Waals surface area contributed by atoms with E-state index in [4.69, 9.17) is 11.6 Å². The number of carbonyl (C=O) groups is 2. The van der Waals surface area contributed by atoms with Crippen LogP contribution < -0.4 is 10.6 Å². The Balaban J connectivity index is 1.42. The highest BCUT2D eigenvalue weighted by Gasteiger charge is 2.21. The lowest BCUT2D eigenvalue weighted by Gasteiger charge is -2.14. The van der Waals surface area contributed by atoms with Crippen molar-refractivity contribution in [3.63, 3.8) is 0 Å². The van der Waals surface area contributed by atoms with Crippen molar-refractivity contribution in [2.45, 2.75) is 29.9 Å². The molecule has 1 aromatic heterocycles. The third-order valence-corrected chi connectivity index (χ3v) is 7.94. The summed E-state index contributed by atoms with van der Waals surface area (Å²) >= 11 is 9.03. The molecule has 3 aromatic carbocycles. The Hall–Kier alpha value is -3.13. The highest BCUT2D eigenvalue weighted by molar-refractivity contribution is 8.02. The molecule has 4 aromatic rings. The highest BCUT2D eigenvalue weighted by atomic mass is 35.5. The molecule has 4 rings (SSSR count). The molecule has 0 spiro atoms. The number of halogens is 1. The maximum atomic E-state index is 12.9. The van der Waals surface area contributed by atoms with Gasteiger partial charge in [0.2, 0.25) is 11.8 Å². The molecular formula is C27H24ClN3O2S2. The normalized spacial score (nSPS) is 12.1. The van der Waals surface area contributed by atoms with E-state index in [0.29, 0.717) is 22.8 Å². The summed E-state index contributed by atoms with van der Waals surface area (Å²) in [6.07, 6.45) is 3.94. The smallest absolute Gasteiger partial charge is 0.248 e. The third-order valence-electron chi connectivity index (χ3n) is 5.23. The fourth-order valence-electron chi connectivity index (χ4n) is 3.34. The number of hydrogen-bond acceptors (Lipinski definition) is 5. The van der Waals surface area contributed by atoms with Crippen LogP contribution in [0.15, 0.2) is 77.1 Å². The van der Waals surface area contributed by atoms with Gasteiger partial charge in [-0.2, -0.15) is 0 Å². The van der Waals surface area contributed by atoms with Crippen LogP contribution in [0.3, 0.4) is 0 Å². The number of rotatable bonds is 8. The first-order valence-corrected chi connectivity index (χ1v) is 13.2. The topological polar surface area (TPSA) is 71.1 Å². The average Bonchev–Trinajstić information content (AvgIpc) is 3.26. The van der Waals surface area contributed by atoms with Gasteiger partial charge in [0.1, 0.15) is 0 Å². The van der Waals surface area contributed by atoms with Crippen LogP contribution in [-0.2, 0) is 9.59 Å². The minimum Gasteiger partial charge on any atom is -0.325 e. The van der Waals surface area contributed by atoms with Crippen LogP contribution in [-0.4, -0.2) is 22.0 Å². The van der Waals surface area contributed by atoms with Crippen LogP contribution >= 0.6 is 34.7 Å². The van der Waals surface area contributed by atoms with Gasteiger partial charge in [-0.15, -0.1) is 11.3 Å². The number of carbonyl (C=O) groups excluding carboxylic acids is 2. The van der Waals surface area contributed by atoms with Gasteiger partial charge in [0.05, 0.1) is 15.5 Å². The zero-order valence-electron chi connectivity index (χ0n) is 19.2. The third kappa shape index (κ3) is 6.72. The first-order valence-electron chi connectivity index (χ1n) is 11.1. The van der Waals surface area contributed by atoms with Crippen LogP contribution in [0.4, 0.5) is 11.4 Å². The van der Waals surface area contributed by atoms with Gasteiger partial charge in [-0.05, 0) is 60.9 Å². The molecule has 178 valence electrons. The molecule has 0 aliphatic rings. The van der Waals surface area contributed by atoms with E-state index in [9.17, 15) is 9.59 Å². The SMILES string of the molecule is CCC(Sc1nc2ccc(NC(=O)C=Cc3ccccc3)cc2s1)C(=O)Nc1cc(Cl)ccc1C. The quantitative estimate of drug-likeness (QED) is 0.187. The molecule has 5 nitrogen and oxygen atoms in total. The number of amides is 2. The summed E-state index contributed by atoms with van der Waals surface area (Å²) in [5.74, 6) is -0.286. The van der Waals surface area contributed by atoms with Crippen LogP contribution in [0, 0.1) is 6.92 Å². The Bertz CT molecular complexity index is 1390. The second kappa shape index (κ2) is 11.5. The maximum Gasteiger partial charge on any atom is 0.248 e. The number of aryl methyl sites for hydroxylation is 1. The first-order chi connectivity index (χ1) is 16.9. The van der Waals surface area contributed by atoms with Crippen molar-refractivity contribution in [2.24, 2.45) is 0 Å². The lowest BCUT2D eigenvalue weighted by Crippen LogP contribution is -2.24. The van der Waals surface area contributed by atoms with Gasteiger partial charge >= 0.3 is 0 Å². The van der Waals surface area contributed by atoms with Crippen LogP contribution in [0.1, 0.15) is 24.5 Å². The number of benzene rings is 3. The highest BCUT2D eigenvalue weighted by Crippen LogP contribution is 2.35. The molecule has 0 saturated carbocycles. The zero-order valence-corrected chi connectivity index (χ0v) is 21.6. The number of nitrogens with zero attached hydrogens (tertiary/aromatic N) is 1. The van der Waals surface area contributed by atoms with Crippen LogP contribution in [0.25, 0.3) is 16.3 Å². The number of hydrogen-bond donors (Lipinski definition) is 2. The van der Waals surface area contributed by atoms with Gasteiger partial charge in [0.15, 0.2) is 4.34 Å². The minimum absolute atomic E-state index is 0.0831. The van der Waals surface area contributed by atoms with Gasteiger partial charge < -0.3 is 10.6 Å². The van der Waals surface area contributed by atoms with E-state index < -0.39 is 0 Å². The fraction of sp³-hybridized carbons (Fsp3) is 0.148. The Kier molecular flexibility index (Phi) is 8.23. The molecule has 0 saturated heterocycles. The summed E-state index contributed by atoms with van der Waals surface area (Å²) in [5, 5.41) is 6.17. The summed E-state index contributed by atoms with van der Waals surface area (Å²) in [6.45, 7) is 3.91. The molecule has 0 aliphatic carbocycles. The lowest BCUT2D eigenvalue weighted by molar-refractivity contribution is -0.115. The van der Waals surface area contributed by atoms with Crippen molar-refractivity contribution < 1.29 is 9.59 Å². The molecule has 0 aliphatic heterocycles. The van der Waals surface area contributed by atoms with Crippen molar-refractivity contribution in [3.8, 4) is 0 Å². The van der Waals surface area contributed by atoms with Gasteiger partial charge in [-0.3, -0.25) is 9.59 Å². The predicted octanol–water partition coefficient (Wildman–Crippen LogP) is 7.42. The Morgan fingerprint density at radius 1 is 1.09 bits per heavy atom. The molecular weight excluding hydrogens is 498 g/mol. The standard InChI is InChI=1S/C27H24ClN3O2S2/c1-3-23(26(33)30-22-15-19(28)11-9-17(22)2)34-27-31-21-13-12-20(16-24(21)35-27)29-25(32)14-10-18-7-5-4-6-8-18/h4-16,23H,3H2,1-2H3,(H,29,32)(H,30,33). The van der Waals surface area contributed by atoms with E-state index in [1.165, 1.54) is 29.2 Å². The monoisotopic (exact) mass is 521 g/mol. The van der Waals surface area contributed by atoms with Crippen molar-refractivity contribution in [3.05, 3.63) is 89.0 Å². The molecule has 8 heteroatoms. The molecule has 1 unspecified atom stereocenters. The lowest BCUT2D eigenvalue weighted by atomic mass is 10.2. The van der Waals surface area contributed by atoms with Gasteiger partial charge in [0.25, 0.3) is 0 Å². The van der Waals surface area contributed by atoms with Crippen molar-refractivity contribution in [1.82, 2.24) is 4.98 Å². The first kappa shape index (κ1) is 25.0. The van der Waals surface area contributed by atoms with E-state index in [1.807, 2.05) is 68.4 Å². The van der Waals surface area contributed by atoms with E-state index in [-0.39, 0.29) is 17.1 Å².